The topological polar surface area (TPSA) is 66.0 Å². The zero-order chi connectivity index (χ0) is 18.4. The van der Waals surface area contributed by atoms with E-state index in [1.165, 1.54) is 11.3 Å². The Labute approximate surface area is 153 Å². The van der Waals surface area contributed by atoms with E-state index in [1.54, 1.807) is 32.4 Å². The van der Waals surface area contributed by atoms with Crippen molar-refractivity contribution in [3.8, 4) is 5.75 Å². The number of anilines is 1. The third-order valence-corrected chi connectivity index (χ3v) is 4.38. The van der Waals surface area contributed by atoms with E-state index < -0.39 is 0 Å². The van der Waals surface area contributed by atoms with E-state index in [2.05, 4.69) is 38.7 Å². The summed E-state index contributed by atoms with van der Waals surface area (Å²) in [5.74, 6) is 1.38. The second-order valence-corrected chi connectivity index (χ2v) is 5.99. The first-order valence-electron chi connectivity index (χ1n) is 8.71. The van der Waals surface area contributed by atoms with Crippen LogP contribution in [0.1, 0.15) is 15.9 Å². The minimum atomic E-state index is -0.118. The van der Waals surface area contributed by atoms with E-state index in [1.807, 2.05) is 12.1 Å². The van der Waals surface area contributed by atoms with Gasteiger partial charge in [0, 0.05) is 37.9 Å². The zero-order valence-corrected chi connectivity index (χ0v) is 15.2. The van der Waals surface area contributed by atoms with Crippen molar-refractivity contribution in [1.29, 1.82) is 0 Å². The number of ether oxygens (including phenoxy) is 1. The third kappa shape index (κ3) is 3.96. The molecule has 2 N–H and O–H groups in total. The Morgan fingerprint density at radius 3 is 2.77 bits per heavy atom. The molecular weight excluding hydrogens is 328 g/mol. The van der Waals surface area contributed by atoms with E-state index in [4.69, 9.17) is 4.74 Å². The van der Waals surface area contributed by atoms with Crippen LogP contribution in [-0.4, -0.2) is 45.7 Å². The van der Waals surface area contributed by atoms with Crippen LogP contribution >= 0.6 is 0 Å². The fraction of sp³-hybridized carbons (Fsp3) is 0.300. The maximum absolute atomic E-state index is 12.2. The fourth-order valence-corrected chi connectivity index (χ4v) is 3.07. The number of carbonyl (C=O) groups is 1. The average Bonchev–Trinajstić information content (AvgIpc) is 3.12. The Bertz CT molecular complexity index is 804. The van der Waals surface area contributed by atoms with Gasteiger partial charge < -0.3 is 20.3 Å². The van der Waals surface area contributed by atoms with Gasteiger partial charge in [-0.2, -0.15) is 0 Å². The van der Waals surface area contributed by atoms with Crippen molar-refractivity contribution >= 4 is 17.6 Å². The highest BCUT2D eigenvalue weighted by molar-refractivity contribution is 5.98. The van der Waals surface area contributed by atoms with Crippen molar-refractivity contribution in [2.45, 2.75) is 6.42 Å². The molecule has 0 saturated carbocycles. The van der Waals surface area contributed by atoms with E-state index in [0.717, 1.165) is 18.9 Å². The summed E-state index contributed by atoms with van der Waals surface area (Å²) < 4.78 is 5.15. The number of nitrogens with one attached hydrogen (secondary N) is 2. The van der Waals surface area contributed by atoms with Gasteiger partial charge in [0.25, 0.3) is 5.91 Å². The average molecular weight is 352 g/mol. The van der Waals surface area contributed by atoms with Crippen LogP contribution in [0.4, 0.5) is 5.69 Å². The number of benzene rings is 2. The molecule has 0 fully saturated rings. The van der Waals surface area contributed by atoms with Crippen LogP contribution in [0.25, 0.3) is 0 Å². The molecule has 0 saturated heterocycles. The van der Waals surface area contributed by atoms with Crippen molar-refractivity contribution in [3.05, 3.63) is 59.7 Å². The van der Waals surface area contributed by atoms with Gasteiger partial charge in [-0.15, -0.1) is 0 Å². The summed E-state index contributed by atoms with van der Waals surface area (Å²) >= 11 is 0. The van der Waals surface area contributed by atoms with Gasteiger partial charge in [0.2, 0.25) is 0 Å². The number of hydrogen-bond donors (Lipinski definition) is 2. The molecule has 1 aliphatic heterocycles. The Morgan fingerprint density at radius 2 is 1.96 bits per heavy atom. The number of carbonyl (C=O) groups excluding carboxylic acids is 1. The third-order valence-electron chi connectivity index (χ3n) is 4.38. The van der Waals surface area contributed by atoms with Crippen LogP contribution in [0.15, 0.2) is 53.5 Å². The molecule has 0 radical (unpaired) electrons. The van der Waals surface area contributed by atoms with E-state index in [0.29, 0.717) is 24.4 Å². The summed E-state index contributed by atoms with van der Waals surface area (Å²) in [5, 5.41) is 6.23. The van der Waals surface area contributed by atoms with Crippen molar-refractivity contribution in [3.63, 3.8) is 0 Å². The first-order valence-corrected chi connectivity index (χ1v) is 8.71. The van der Waals surface area contributed by atoms with Crippen LogP contribution in [0.3, 0.4) is 0 Å². The molecule has 136 valence electrons. The Morgan fingerprint density at radius 1 is 1.15 bits per heavy atom. The number of hydrogen-bond acceptors (Lipinski definition) is 3. The minimum absolute atomic E-state index is 0.118. The molecule has 1 heterocycles. The number of amides is 1. The molecule has 0 aliphatic carbocycles. The number of para-hydroxylation sites is 1. The van der Waals surface area contributed by atoms with Crippen LogP contribution < -0.4 is 20.3 Å². The lowest BCUT2D eigenvalue weighted by Crippen LogP contribution is -2.43. The van der Waals surface area contributed by atoms with Gasteiger partial charge in [-0.1, -0.05) is 24.3 Å². The van der Waals surface area contributed by atoms with Gasteiger partial charge in [0.1, 0.15) is 5.75 Å². The van der Waals surface area contributed by atoms with Crippen molar-refractivity contribution < 1.29 is 9.53 Å². The number of methoxy groups -OCH3 is 1. The highest BCUT2D eigenvalue weighted by atomic mass is 16.5. The largest absolute Gasteiger partial charge is 0.497 e. The number of nitrogens with zero attached hydrogens (tertiary/aromatic N) is 2. The fourth-order valence-electron chi connectivity index (χ4n) is 3.07. The number of rotatable bonds is 5. The van der Waals surface area contributed by atoms with E-state index >= 15 is 0 Å². The molecular formula is C20H24N4O2. The molecule has 2 aromatic carbocycles. The van der Waals surface area contributed by atoms with Gasteiger partial charge in [-0.25, -0.2) is 0 Å². The molecule has 6 nitrogen and oxygen atoms in total. The minimum Gasteiger partial charge on any atom is -0.497 e. The first-order chi connectivity index (χ1) is 12.7. The second kappa shape index (κ2) is 8.38. The molecule has 0 atom stereocenters. The van der Waals surface area contributed by atoms with E-state index in [9.17, 15) is 4.79 Å². The summed E-state index contributed by atoms with van der Waals surface area (Å²) in [6.07, 6.45) is 1.02. The highest BCUT2D eigenvalue weighted by Crippen LogP contribution is 2.27. The second-order valence-electron chi connectivity index (χ2n) is 5.99. The molecule has 0 bridgehead atoms. The number of guanidine groups is 1. The SMILES string of the molecule is CN=C(NCCNC(=O)c1cccc(OC)c1)N1CCc2ccccc21. The van der Waals surface area contributed by atoms with Crippen LogP contribution in [0.2, 0.25) is 0 Å². The molecule has 0 unspecified atom stereocenters. The van der Waals surface area contributed by atoms with Gasteiger partial charge in [0.05, 0.1) is 7.11 Å². The quantitative estimate of drug-likeness (QED) is 0.491. The molecule has 0 aromatic heterocycles. The summed E-state index contributed by atoms with van der Waals surface area (Å²) in [4.78, 5) is 18.8. The molecule has 2 aromatic rings. The highest BCUT2D eigenvalue weighted by Gasteiger charge is 2.22. The molecule has 1 aliphatic rings. The Kier molecular flexibility index (Phi) is 5.73. The lowest BCUT2D eigenvalue weighted by molar-refractivity contribution is 0.0954. The van der Waals surface area contributed by atoms with Gasteiger partial charge in [0.15, 0.2) is 5.96 Å². The summed E-state index contributed by atoms with van der Waals surface area (Å²) in [6, 6.07) is 15.5. The molecule has 1 amide bonds. The van der Waals surface area contributed by atoms with Gasteiger partial charge >= 0.3 is 0 Å². The lowest BCUT2D eigenvalue weighted by atomic mass is 10.2. The monoisotopic (exact) mass is 352 g/mol. The zero-order valence-electron chi connectivity index (χ0n) is 15.2. The summed E-state index contributed by atoms with van der Waals surface area (Å²) in [6.45, 7) is 2.01. The van der Waals surface area contributed by atoms with Crippen LogP contribution in [0.5, 0.6) is 5.75 Å². The normalized spacial score (nSPS) is 13.3. The summed E-state index contributed by atoms with van der Waals surface area (Å²) in [5.41, 5.74) is 3.12. The molecule has 0 spiro atoms. The standard InChI is InChI=1S/C20H24N4O2/c1-21-20(24-13-10-15-6-3-4-9-18(15)24)23-12-11-22-19(25)16-7-5-8-17(14-16)26-2/h3-9,14H,10-13H2,1-2H3,(H,21,23)(H,22,25). The predicted molar refractivity (Wildman–Crippen MR) is 104 cm³/mol. The Hall–Kier alpha value is -3.02. The maximum Gasteiger partial charge on any atom is 0.251 e. The molecule has 6 heteroatoms. The number of fused-ring (bicyclic) bond motifs is 1. The maximum atomic E-state index is 12.2. The smallest absolute Gasteiger partial charge is 0.251 e. The predicted octanol–water partition coefficient (Wildman–Crippen LogP) is 2.06. The van der Waals surface area contributed by atoms with Crippen LogP contribution in [0, 0.1) is 0 Å². The number of aliphatic imine (C=N–C) groups is 1. The van der Waals surface area contributed by atoms with Gasteiger partial charge in [-0.3, -0.25) is 9.79 Å². The van der Waals surface area contributed by atoms with Crippen molar-refractivity contribution in [2.75, 3.05) is 38.7 Å². The first kappa shape index (κ1) is 17.8. The molecule has 26 heavy (non-hydrogen) atoms. The van der Waals surface area contributed by atoms with Gasteiger partial charge in [-0.05, 0) is 36.2 Å². The van der Waals surface area contributed by atoms with E-state index in [-0.39, 0.29) is 5.91 Å². The van der Waals surface area contributed by atoms with Crippen molar-refractivity contribution in [2.24, 2.45) is 4.99 Å². The lowest BCUT2D eigenvalue weighted by Gasteiger charge is -2.22. The van der Waals surface area contributed by atoms with Crippen LogP contribution in [-0.2, 0) is 6.42 Å². The molecule has 3 rings (SSSR count). The Balaban J connectivity index is 1.50. The van der Waals surface area contributed by atoms with Crippen molar-refractivity contribution in [1.82, 2.24) is 10.6 Å². The summed E-state index contributed by atoms with van der Waals surface area (Å²) in [7, 11) is 3.36.